The molecule has 0 amide bonds. The third-order valence-corrected chi connectivity index (χ3v) is 5.81. The number of anilines is 1. The zero-order chi connectivity index (χ0) is 16.7. The van der Waals surface area contributed by atoms with Crippen LogP contribution in [0.2, 0.25) is 0 Å². The molecule has 0 saturated heterocycles. The van der Waals surface area contributed by atoms with Crippen molar-refractivity contribution in [1.82, 2.24) is 19.7 Å². The van der Waals surface area contributed by atoms with E-state index in [9.17, 15) is 8.78 Å². The predicted molar refractivity (Wildman–Crippen MR) is 91.8 cm³/mol. The summed E-state index contributed by atoms with van der Waals surface area (Å²) in [5, 5.41) is 12.1. The van der Waals surface area contributed by atoms with Gasteiger partial charge in [0.1, 0.15) is 5.82 Å². The Bertz CT molecular complexity index is 859. The standard InChI is InChI=1S/C15H15F2N5S2/c1-8(23-15-21-20-14(24-15)18-9-6-7-9)12-19-10-4-2-3-5-11(10)22(12)13(16)17/h2-5,8-9,13H,6-7H2,1H3,(H,18,20). The molecule has 0 aliphatic heterocycles. The van der Waals surface area contributed by atoms with Crippen LogP contribution in [0.5, 0.6) is 0 Å². The van der Waals surface area contributed by atoms with Crippen LogP contribution in [-0.4, -0.2) is 25.8 Å². The van der Waals surface area contributed by atoms with Gasteiger partial charge in [-0.3, -0.25) is 4.57 Å². The molecule has 0 spiro atoms. The minimum atomic E-state index is -2.63. The molecule has 9 heteroatoms. The molecule has 126 valence electrons. The maximum atomic E-state index is 13.5. The van der Waals surface area contributed by atoms with Crippen molar-refractivity contribution in [1.29, 1.82) is 0 Å². The third-order valence-electron chi connectivity index (χ3n) is 3.77. The summed E-state index contributed by atoms with van der Waals surface area (Å²) in [6.07, 6.45) is 2.33. The van der Waals surface area contributed by atoms with E-state index in [1.54, 1.807) is 24.3 Å². The Morgan fingerprint density at radius 2 is 2.08 bits per heavy atom. The van der Waals surface area contributed by atoms with Crippen LogP contribution in [0, 0.1) is 0 Å². The molecule has 0 bridgehead atoms. The van der Waals surface area contributed by atoms with Crippen molar-refractivity contribution in [3.8, 4) is 0 Å². The number of rotatable bonds is 6. The number of hydrogen-bond acceptors (Lipinski definition) is 6. The first-order valence-electron chi connectivity index (χ1n) is 7.63. The minimum absolute atomic E-state index is 0.256. The Kier molecular flexibility index (Phi) is 4.13. The van der Waals surface area contributed by atoms with Crippen molar-refractivity contribution in [2.45, 2.75) is 41.9 Å². The van der Waals surface area contributed by atoms with Crippen LogP contribution in [0.1, 0.15) is 37.4 Å². The fourth-order valence-electron chi connectivity index (χ4n) is 2.48. The van der Waals surface area contributed by atoms with Crippen LogP contribution in [-0.2, 0) is 0 Å². The van der Waals surface area contributed by atoms with Crippen LogP contribution >= 0.6 is 23.1 Å². The smallest absolute Gasteiger partial charge is 0.320 e. The van der Waals surface area contributed by atoms with Gasteiger partial charge in [-0.15, -0.1) is 10.2 Å². The molecule has 0 radical (unpaired) electrons. The first kappa shape index (κ1) is 15.8. The maximum Gasteiger partial charge on any atom is 0.320 e. The number of imidazole rings is 1. The Balaban J connectivity index is 1.59. The Labute approximate surface area is 145 Å². The molecule has 1 aliphatic rings. The highest BCUT2D eigenvalue weighted by Crippen LogP contribution is 2.40. The van der Waals surface area contributed by atoms with Gasteiger partial charge in [-0.2, -0.15) is 8.78 Å². The zero-order valence-corrected chi connectivity index (χ0v) is 14.4. The summed E-state index contributed by atoms with van der Waals surface area (Å²) in [6, 6.07) is 7.46. The monoisotopic (exact) mass is 367 g/mol. The number of nitrogens with zero attached hydrogens (tertiary/aromatic N) is 4. The molecule has 24 heavy (non-hydrogen) atoms. The number of halogens is 2. The van der Waals surface area contributed by atoms with E-state index in [1.165, 1.54) is 23.1 Å². The summed E-state index contributed by atoms with van der Waals surface area (Å²) in [7, 11) is 0. The van der Waals surface area contributed by atoms with Gasteiger partial charge in [0.2, 0.25) is 5.13 Å². The molecule has 2 aromatic heterocycles. The second-order valence-corrected chi connectivity index (χ2v) is 8.22. The van der Waals surface area contributed by atoms with Crippen molar-refractivity contribution in [2.24, 2.45) is 0 Å². The molecule has 1 aromatic carbocycles. The molecule has 2 heterocycles. The number of fused-ring (bicyclic) bond motifs is 1. The Hall–Kier alpha value is -1.74. The first-order valence-corrected chi connectivity index (χ1v) is 9.33. The quantitative estimate of drug-likeness (QED) is 0.640. The molecule has 1 aliphatic carbocycles. The van der Waals surface area contributed by atoms with E-state index >= 15 is 0 Å². The molecule has 1 unspecified atom stereocenters. The highest BCUT2D eigenvalue weighted by Gasteiger charge is 2.25. The summed E-state index contributed by atoms with van der Waals surface area (Å²) < 4.78 is 28.8. The Morgan fingerprint density at radius 1 is 1.29 bits per heavy atom. The normalized spacial score (nSPS) is 16.0. The lowest BCUT2D eigenvalue weighted by Crippen LogP contribution is -2.06. The summed E-state index contributed by atoms with van der Waals surface area (Å²) in [5.74, 6) is 0.350. The molecule has 1 saturated carbocycles. The lowest BCUT2D eigenvalue weighted by atomic mass is 10.3. The van der Waals surface area contributed by atoms with Crippen LogP contribution in [0.4, 0.5) is 13.9 Å². The molecule has 1 fully saturated rings. The summed E-state index contributed by atoms with van der Waals surface area (Å²) >= 11 is 2.85. The van der Waals surface area contributed by atoms with Gasteiger partial charge in [0.05, 0.1) is 16.3 Å². The first-order chi connectivity index (χ1) is 11.6. The van der Waals surface area contributed by atoms with Gasteiger partial charge in [-0.25, -0.2) is 4.98 Å². The van der Waals surface area contributed by atoms with E-state index in [4.69, 9.17) is 0 Å². The van der Waals surface area contributed by atoms with Gasteiger partial charge >= 0.3 is 6.55 Å². The summed E-state index contributed by atoms with van der Waals surface area (Å²) in [4.78, 5) is 4.40. The van der Waals surface area contributed by atoms with Crippen LogP contribution < -0.4 is 5.32 Å². The highest BCUT2D eigenvalue weighted by atomic mass is 32.2. The van der Waals surface area contributed by atoms with Crippen LogP contribution in [0.25, 0.3) is 11.0 Å². The average Bonchev–Trinajstić information content (AvgIpc) is 3.11. The van der Waals surface area contributed by atoms with E-state index in [0.29, 0.717) is 22.9 Å². The van der Waals surface area contributed by atoms with Crippen LogP contribution in [0.3, 0.4) is 0 Å². The fraction of sp³-hybridized carbons (Fsp3) is 0.400. The van der Waals surface area contributed by atoms with Crippen LogP contribution in [0.15, 0.2) is 28.6 Å². The number of aromatic nitrogens is 4. The van der Waals surface area contributed by atoms with E-state index in [-0.39, 0.29) is 5.25 Å². The number of thioether (sulfide) groups is 1. The predicted octanol–water partition coefficient (Wildman–Crippen LogP) is 4.71. The average molecular weight is 367 g/mol. The lowest BCUT2D eigenvalue weighted by Gasteiger charge is -2.12. The summed E-state index contributed by atoms with van der Waals surface area (Å²) in [6.45, 7) is -0.767. The van der Waals surface area contributed by atoms with Gasteiger partial charge in [0.15, 0.2) is 4.34 Å². The second-order valence-electron chi connectivity index (χ2n) is 5.66. The van der Waals surface area contributed by atoms with Gasteiger partial charge < -0.3 is 5.32 Å². The zero-order valence-electron chi connectivity index (χ0n) is 12.8. The number of nitrogens with one attached hydrogen (secondary N) is 1. The maximum absolute atomic E-state index is 13.5. The molecule has 5 nitrogen and oxygen atoms in total. The van der Waals surface area contributed by atoms with E-state index in [2.05, 4.69) is 20.5 Å². The SMILES string of the molecule is CC(Sc1nnc(NC2CC2)s1)c1nc2ccccc2n1C(F)F. The van der Waals surface area contributed by atoms with Gasteiger partial charge in [-0.05, 0) is 31.9 Å². The van der Waals surface area contributed by atoms with Crippen molar-refractivity contribution in [3.05, 3.63) is 30.1 Å². The van der Waals surface area contributed by atoms with Crippen molar-refractivity contribution in [2.75, 3.05) is 5.32 Å². The minimum Gasteiger partial charge on any atom is -0.357 e. The number of para-hydroxylation sites is 2. The number of hydrogen-bond donors (Lipinski definition) is 1. The molecule has 3 aromatic rings. The molecular weight excluding hydrogens is 352 g/mol. The van der Waals surface area contributed by atoms with E-state index < -0.39 is 6.55 Å². The van der Waals surface area contributed by atoms with Crippen molar-refractivity contribution >= 4 is 39.3 Å². The van der Waals surface area contributed by atoms with Crippen molar-refractivity contribution in [3.63, 3.8) is 0 Å². The second kappa shape index (κ2) is 6.29. The Morgan fingerprint density at radius 3 is 2.83 bits per heavy atom. The molecule has 4 rings (SSSR count). The van der Waals surface area contributed by atoms with Gasteiger partial charge in [0.25, 0.3) is 0 Å². The topological polar surface area (TPSA) is 55.6 Å². The lowest BCUT2D eigenvalue weighted by molar-refractivity contribution is 0.0715. The number of benzene rings is 1. The third kappa shape index (κ3) is 3.10. The molecule has 1 atom stereocenters. The summed E-state index contributed by atoms with van der Waals surface area (Å²) in [5.41, 5.74) is 1.02. The molecule has 1 N–H and O–H groups in total. The van der Waals surface area contributed by atoms with Gasteiger partial charge in [0, 0.05) is 6.04 Å². The van der Waals surface area contributed by atoms with E-state index in [1.807, 2.05) is 6.92 Å². The fourth-order valence-corrected chi connectivity index (χ4v) is 4.56. The van der Waals surface area contributed by atoms with E-state index in [0.717, 1.165) is 26.9 Å². The number of alkyl halides is 2. The largest absolute Gasteiger partial charge is 0.357 e. The van der Waals surface area contributed by atoms with Crippen molar-refractivity contribution < 1.29 is 8.78 Å². The molecular formula is C15H15F2N5S2. The highest BCUT2D eigenvalue weighted by molar-refractivity contribution is 8.01. The van der Waals surface area contributed by atoms with Gasteiger partial charge in [-0.1, -0.05) is 35.2 Å².